The number of carbonyl (C=O) groups excluding carboxylic acids is 1. The minimum Gasteiger partial charge on any atom is -0.374 e. The van der Waals surface area contributed by atoms with Crippen molar-refractivity contribution in [3.8, 4) is 0 Å². The van der Waals surface area contributed by atoms with E-state index in [1.807, 2.05) is 91.0 Å². The predicted octanol–water partition coefficient (Wildman–Crippen LogP) is 3.88. The SMILES string of the molecule is CC(=O)NC1O[C@H](COCc2ccccc2)[C@@H](OCc2ccccc2)[C@H](OCc2ccccc2)C1[N+](=O)[O-]. The number of hydrogen-bond donors (Lipinski definition) is 1. The zero-order chi connectivity index (χ0) is 26.7. The van der Waals surface area contributed by atoms with Crippen LogP contribution in [0, 0.1) is 10.1 Å². The second-order valence-corrected chi connectivity index (χ2v) is 9.09. The van der Waals surface area contributed by atoms with Gasteiger partial charge in [-0.1, -0.05) is 91.0 Å². The van der Waals surface area contributed by atoms with Gasteiger partial charge in [0.05, 0.1) is 26.4 Å². The highest BCUT2D eigenvalue weighted by Crippen LogP contribution is 2.29. The maximum absolute atomic E-state index is 12.3. The average molecular weight is 521 g/mol. The molecular formula is C29H32N2O7. The number of hydrogen-bond acceptors (Lipinski definition) is 7. The van der Waals surface area contributed by atoms with Crippen LogP contribution in [0.15, 0.2) is 91.0 Å². The summed E-state index contributed by atoms with van der Waals surface area (Å²) in [5, 5.41) is 14.9. The van der Waals surface area contributed by atoms with Crippen LogP contribution in [0.4, 0.5) is 0 Å². The van der Waals surface area contributed by atoms with E-state index < -0.39 is 41.4 Å². The Morgan fingerprint density at radius 3 is 1.76 bits per heavy atom. The quantitative estimate of drug-likeness (QED) is 0.285. The molecule has 5 atom stereocenters. The highest BCUT2D eigenvalue weighted by atomic mass is 16.7. The fourth-order valence-electron chi connectivity index (χ4n) is 4.40. The van der Waals surface area contributed by atoms with E-state index in [9.17, 15) is 14.9 Å². The van der Waals surface area contributed by atoms with E-state index in [2.05, 4.69) is 5.32 Å². The van der Waals surface area contributed by atoms with Crippen LogP contribution in [0.1, 0.15) is 23.6 Å². The summed E-state index contributed by atoms with van der Waals surface area (Å²) in [5.41, 5.74) is 2.74. The predicted molar refractivity (Wildman–Crippen MR) is 139 cm³/mol. The number of nitrogens with one attached hydrogen (secondary N) is 1. The first-order valence-corrected chi connectivity index (χ1v) is 12.5. The van der Waals surface area contributed by atoms with Gasteiger partial charge in [-0.3, -0.25) is 14.9 Å². The lowest BCUT2D eigenvalue weighted by Crippen LogP contribution is -2.66. The second-order valence-electron chi connectivity index (χ2n) is 9.09. The van der Waals surface area contributed by atoms with Gasteiger partial charge in [-0.05, 0) is 16.7 Å². The first-order chi connectivity index (χ1) is 18.5. The molecule has 1 heterocycles. The van der Waals surface area contributed by atoms with E-state index in [0.29, 0.717) is 6.61 Å². The summed E-state index contributed by atoms with van der Waals surface area (Å²) in [6.07, 6.45) is -3.82. The maximum atomic E-state index is 12.3. The Hall–Kier alpha value is -3.63. The summed E-state index contributed by atoms with van der Waals surface area (Å²) in [5.74, 6) is -0.448. The average Bonchev–Trinajstić information content (AvgIpc) is 2.92. The van der Waals surface area contributed by atoms with Gasteiger partial charge in [0.15, 0.2) is 6.10 Å². The van der Waals surface area contributed by atoms with Gasteiger partial charge < -0.3 is 24.3 Å². The summed E-state index contributed by atoms with van der Waals surface area (Å²) in [7, 11) is 0. The number of ether oxygens (including phenoxy) is 4. The van der Waals surface area contributed by atoms with Crippen LogP contribution in [0.2, 0.25) is 0 Å². The molecule has 1 aliphatic heterocycles. The summed E-state index contributed by atoms with van der Waals surface area (Å²) in [6, 6.07) is 27.2. The molecule has 200 valence electrons. The highest BCUT2D eigenvalue weighted by molar-refractivity contribution is 5.73. The third-order valence-electron chi connectivity index (χ3n) is 6.21. The van der Waals surface area contributed by atoms with E-state index in [0.717, 1.165) is 16.7 Å². The fourth-order valence-corrected chi connectivity index (χ4v) is 4.40. The maximum Gasteiger partial charge on any atom is 0.285 e. The zero-order valence-corrected chi connectivity index (χ0v) is 21.2. The number of carbonyl (C=O) groups is 1. The van der Waals surface area contributed by atoms with Crippen molar-refractivity contribution < 1.29 is 28.7 Å². The molecule has 0 aromatic heterocycles. The third kappa shape index (κ3) is 7.69. The highest BCUT2D eigenvalue weighted by Gasteiger charge is 2.54. The van der Waals surface area contributed by atoms with Gasteiger partial charge in [-0.2, -0.15) is 0 Å². The van der Waals surface area contributed by atoms with Gasteiger partial charge in [0.25, 0.3) is 6.04 Å². The molecule has 2 unspecified atom stereocenters. The standard InChI is InChI=1S/C29H32N2O7/c1-21(32)30-29-26(31(33)34)28(37-19-24-15-9-4-10-16-24)27(36-18-23-13-7-3-8-14-23)25(38-29)20-35-17-22-11-5-2-6-12-22/h2-16,25-29H,17-20H2,1H3,(H,30,32)/t25-,26?,27-,28-,29?/m1/s1. The first-order valence-electron chi connectivity index (χ1n) is 12.5. The van der Waals surface area contributed by atoms with Crippen molar-refractivity contribution in [2.45, 2.75) is 57.3 Å². The molecule has 1 fully saturated rings. The summed E-state index contributed by atoms with van der Waals surface area (Å²) < 4.78 is 24.5. The molecule has 1 aliphatic rings. The molecule has 3 aromatic rings. The molecule has 0 radical (unpaired) electrons. The number of nitro groups is 1. The lowest BCUT2D eigenvalue weighted by atomic mass is 9.95. The molecule has 38 heavy (non-hydrogen) atoms. The Morgan fingerprint density at radius 2 is 1.29 bits per heavy atom. The van der Waals surface area contributed by atoms with Gasteiger partial charge in [0.2, 0.25) is 12.1 Å². The molecule has 0 aliphatic carbocycles. The third-order valence-corrected chi connectivity index (χ3v) is 6.21. The number of rotatable bonds is 12. The Balaban J connectivity index is 1.59. The van der Waals surface area contributed by atoms with E-state index in [-0.39, 0.29) is 19.8 Å². The Bertz CT molecular complexity index is 1150. The number of amides is 1. The number of nitrogens with zero attached hydrogens (tertiary/aromatic N) is 1. The Kier molecular flexibility index (Phi) is 9.94. The van der Waals surface area contributed by atoms with Crippen molar-refractivity contribution >= 4 is 5.91 Å². The van der Waals surface area contributed by atoms with E-state index in [4.69, 9.17) is 18.9 Å². The Morgan fingerprint density at radius 1 is 0.816 bits per heavy atom. The lowest BCUT2D eigenvalue weighted by Gasteiger charge is -2.42. The van der Waals surface area contributed by atoms with E-state index in [1.54, 1.807) is 0 Å². The Labute approximate surface area is 221 Å². The van der Waals surface area contributed by atoms with E-state index in [1.165, 1.54) is 6.92 Å². The summed E-state index contributed by atoms with van der Waals surface area (Å²) in [6.45, 7) is 2.03. The molecule has 4 rings (SSSR count). The van der Waals surface area contributed by atoms with Crippen molar-refractivity contribution in [1.29, 1.82) is 0 Å². The van der Waals surface area contributed by atoms with Crippen LogP contribution in [0.3, 0.4) is 0 Å². The minimum atomic E-state index is -1.39. The van der Waals surface area contributed by atoms with Gasteiger partial charge >= 0.3 is 0 Å². The normalized spacial score (nSPS) is 23.0. The van der Waals surface area contributed by atoms with E-state index >= 15 is 0 Å². The summed E-state index contributed by atoms with van der Waals surface area (Å²) in [4.78, 5) is 23.8. The molecule has 0 bridgehead atoms. The number of benzene rings is 3. The molecule has 0 spiro atoms. The molecule has 3 aromatic carbocycles. The van der Waals surface area contributed by atoms with Gasteiger partial charge in [-0.15, -0.1) is 0 Å². The topological polar surface area (TPSA) is 109 Å². The zero-order valence-electron chi connectivity index (χ0n) is 21.2. The molecule has 0 saturated carbocycles. The van der Waals surface area contributed by atoms with Gasteiger partial charge in [-0.25, -0.2) is 0 Å². The molecule has 1 N–H and O–H groups in total. The summed E-state index contributed by atoms with van der Waals surface area (Å²) >= 11 is 0. The van der Waals surface area contributed by atoms with Crippen molar-refractivity contribution in [3.63, 3.8) is 0 Å². The van der Waals surface area contributed by atoms with Crippen LogP contribution in [0.5, 0.6) is 0 Å². The fraction of sp³-hybridized carbons (Fsp3) is 0.345. The van der Waals surface area contributed by atoms with Crippen LogP contribution >= 0.6 is 0 Å². The van der Waals surface area contributed by atoms with Gasteiger partial charge in [0, 0.05) is 11.8 Å². The largest absolute Gasteiger partial charge is 0.374 e. The van der Waals surface area contributed by atoms with Crippen LogP contribution in [-0.2, 0) is 43.6 Å². The first kappa shape index (κ1) is 27.4. The monoisotopic (exact) mass is 520 g/mol. The second kappa shape index (κ2) is 13.8. The van der Waals surface area contributed by atoms with Crippen molar-refractivity contribution in [3.05, 3.63) is 118 Å². The smallest absolute Gasteiger partial charge is 0.285 e. The van der Waals surface area contributed by atoms with Crippen LogP contribution in [0.25, 0.3) is 0 Å². The molecule has 9 nitrogen and oxygen atoms in total. The van der Waals surface area contributed by atoms with Crippen molar-refractivity contribution in [1.82, 2.24) is 5.32 Å². The molecule has 1 amide bonds. The molecule has 9 heteroatoms. The lowest BCUT2D eigenvalue weighted by molar-refractivity contribution is -0.562. The van der Waals surface area contributed by atoms with Crippen molar-refractivity contribution in [2.24, 2.45) is 0 Å². The minimum absolute atomic E-state index is 0.0834. The van der Waals surface area contributed by atoms with Crippen molar-refractivity contribution in [2.75, 3.05) is 6.61 Å². The van der Waals surface area contributed by atoms with Crippen LogP contribution < -0.4 is 5.32 Å². The molecule has 1 saturated heterocycles. The van der Waals surface area contributed by atoms with Gasteiger partial charge in [0.1, 0.15) is 12.2 Å². The molecular weight excluding hydrogens is 488 g/mol. The van der Waals surface area contributed by atoms with Crippen LogP contribution in [-0.4, -0.2) is 48.0 Å².